The molecule has 10 heteroatoms. The van der Waals surface area contributed by atoms with E-state index >= 15 is 0 Å². The minimum Gasteiger partial charge on any atom is -0.478 e. The summed E-state index contributed by atoms with van der Waals surface area (Å²) in [6.07, 6.45) is -5.62. The van der Waals surface area contributed by atoms with Crippen LogP contribution >= 0.6 is 0 Å². The molecule has 0 saturated carbocycles. The maximum absolute atomic E-state index is 13.5. The summed E-state index contributed by atoms with van der Waals surface area (Å²) < 4.78 is 50.0. The number of carbonyl (C=O) groups is 3. The standard InChI is InChI=1S/C19H24F3NO6/c1-9(2)29-18(27)13(6-7-14(24)28-5)23-16-11(4)15(19(20,21)22)10(3)8-12(16)17(25)26/h8-9,13,23H,6-7H2,1-5H3,(H,25,26). The number of aryl methyl sites for hydroxylation is 1. The minimum absolute atomic E-state index is 0.161. The second-order valence-electron chi connectivity index (χ2n) is 6.72. The summed E-state index contributed by atoms with van der Waals surface area (Å²) in [5.41, 5.74) is -2.39. The molecule has 0 aliphatic rings. The highest BCUT2D eigenvalue weighted by Crippen LogP contribution is 2.39. The molecule has 1 atom stereocenters. The Hall–Kier alpha value is -2.78. The second-order valence-corrected chi connectivity index (χ2v) is 6.72. The Morgan fingerprint density at radius 3 is 2.24 bits per heavy atom. The van der Waals surface area contributed by atoms with Gasteiger partial charge in [0.05, 0.1) is 30.0 Å². The van der Waals surface area contributed by atoms with E-state index in [-0.39, 0.29) is 29.7 Å². The predicted molar refractivity (Wildman–Crippen MR) is 97.8 cm³/mol. The number of carboxylic acid groups (broad SMARTS) is 1. The monoisotopic (exact) mass is 419 g/mol. The maximum atomic E-state index is 13.5. The average Bonchev–Trinajstić information content (AvgIpc) is 2.57. The van der Waals surface area contributed by atoms with Gasteiger partial charge in [-0.3, -0.25) is 4.79 Å². The Morgan fingerprint density at radius 2 is 1.79 bits per heavy atom. The second kappa shape index (κ2) is 9.62. The molecule has 0 fully saturated rings. The molecule has 0 amide bonds. The van der Waals surface area contributed by atoms with Crippen molar-refractivity contribution in [3.63, 3.8) is 0 Å². The molecule has 1 aromatic carbocycles. The van der Waals surface area contributed by atoms with Crippen LogP contribution in [0.2, 0.25) is 0 Å². The topological polar surface area (TPSA) is 102 Å². The molecule has 0 aliphatic carbocycles. The Labute approximate surface area is 166 Å². The molecule has 0 aliphatic heterocycles. The highest BCUT2D eigenvalue weighted by molar-refractivity contribution is 5.97. The molecule has 0 spiro atoms. The van der Waals surface area contributed by atoms with Crippen molar-refractivity contribution in [2.24, 2.45) is 0 Å². The van der Waals surface area contributed by atoms with Crippen LogP contribution in [0.25, 0.3) is 0 Å². The molecule has 0 saturated heterocycles. The molecule has 7 nitrogen and oxygen atoms in total. The summed E-state index contributed by atoms with van der Waals surface area (Å²) in [4.78, 5) is 35.5. The number of halogens is 3. The molecule has 0 heterocycles. The third-order valence-electron chi connectivity index (χ3n) is 4.11. The quantitative estimate of drug-likeness (QED) is 0.620. The van der Waals surface area contributed by atoms with Gasteiger partial charge < -0.3 is 19.9 Å². The molecule has 1 aromatic rings. The van der Waals surface area contributed by atoms with Crippen molar-refractivity contribution in [2.75, 3.05) is 12.4 Å². The first-order chi connectivity index (χ1) is 13.3. The Morgan fingerprint density at radius 1 is 1.21 bits per heavy atom. The average molecular weight is 419 g/mol. The van der Waals surface area contributed by atoms with Crippen LogP contribution in [0.4, 0.5) is 18.9 Å². The molecule has 162 valence electrons. The zero-order valence-corrected chi connectivity index (χ0v) is 16.8. The van der Waals surface area contributed by atoms with Gasteiger partial charge >= 0.3 is 24.1 Å². The number of anilines is 1. The third kappa shape index (κ3) is 6.37. The highest BCUT2D eigenvalue weighted by Gasteiger charge is 2.37. The first-order valence-electron chi connectivity index (χ1n) is 8.78. The van der Waals surface area contributed by atoms with Gasteiger partial charge in [-0.25, -0.2) is 9.59 Å². The number of carbonyl (C=O) groups excluding carboxylic acids is 2. The van der Waals surface area contributed by atoms with Crippen LogP contribution in [0.3, 0.4) is 0 Å². The van der Waals surface area contributed by atoms with Crippen LogP contribution in [0.1, 0.15) is 53.7 Å². The lowest BCUT2D eigenvalue weighted by Gasteiger charge is -2.24. The number of hydrogen-bond acceptors (Lipinski definition) is 6. The molecular weight excluding hydrogens is 395 g/mol. The number of nitrogens with one attached hydrogen (secondary N) is 1. The van der Waals surface area contributed by atoms with Crippen molar-refractivity contribution in [1.82, 2.24) is 0 Å². The summed E-state index contributed by atoms with van der Waals surface area (Å²) >= 11 is 0. The van der Waals surface area contributed by atoms with Gasteiger partial charge in [-0.1, -0.05) is 0 Å². The van der Waals surface area contributed by atoms with E-state index in [1.807, 2.05) is 0 Å². The van der Waals surface area contributed by atoms with Crippen molar-refractivity contribution in [2.45, 2.75) is 58.9 Å². The van der Waals surface area contributed by atoms with Crippen molar-refractivity contribution in [3.05, 3.63) is 28.3 Å². The maximum Gasteiger partial charge on any atom is 0.416 e. The summed E-state index contributed by atoms with van der Waals surface area (Å²) in [6.45, 7) is 5.44. The summed E-state index contributed by atoms with van der Waals surface area (Å²) in [5.74, 6) is -2.92. The normalized spacial score (nSPS) is 12.4. The number of ether oxygens (including phenoxy) is 2. The first kappa shape index (κ1) is 24.3. The number of benzene rings is 1. The van der Waals surface area contributed by atoms with Gasteiger partial charge in [0.15, 0.2) is 0 Å². The van der Waals surface area contributed by atoms with E-state index in [4.69, 9.17) is 4.74 Å². The van der Waals surface area contributed by atoms with Gasteiger partial charge in [-0.15, -0.1) is 0 Å². The Bertz CT molecular complexity index is 789. The van der Waals surface area contributed by atoms with E-state index in [0.717, 1.165) is 27.0 Å². The predicted octanol–water partition coefficient (Wildman–Crippen LogP) is 3.71. The SMILES string of the molecule is COC(=O)CCC(Nc1c(C(=O)O)cc(C)c(C(F)(F)F)c1C)C(=O)OC(C)C. The van der Waals surface area contributed by atoms with Gasteiger partial charge in [0, 0.05) is 6.42 Å². The molecule has 1 rings (SSSR count). The molecule has 29 heavy (non-hydrogen) atoms. The molecule has 0 bridgehead atoms. The minimum atomic E-state index is -4.72. The number of methoxy groups -OCH3 is 1. The van der Waals surface area contributed by atoms with Crippen LogP contribution in [-0.2, 0) is 25.2 Å². The van der Waals surface area contributed by atoms with E-state index in [1.165, 1.54) is 0 Å². The van der Waals surface area contributed by atoms with Crippen LogP contribution in [0.5, 0.6) is 0 Å². The summed E-state index contributed by atoms with van der Waals surface area (Å²) in [6, 6.07) is -0.358. The number of rotatable bonds is 8. The lowest BCUT2D eigenvalue weighted by atomic mass is 9.95. The van der Waals surface area contributed by atoms with Crippen molar-refractivity contribution >= 4 is 23.6 Å². The van der Waals surface area contributed by atoms with Gasteiger partial charge in [-0.05, 0) is 51.3 Å². The van der Waals surface area contributed by atoms with E-state index < -0.39 is 47.4 Å². The van der Waals surface area contributed by atoms with Gasteiger partial charge in [-0.2, -0.15) is 13.2 Å². The molecule has 0 aromatic heterocycles. The van der Waals surface area contributed by atoms with E-state index in [1.54, 1.807) is 13.8 Å². The summed E-state index contributed by atoms with van der Waals surface area (Å²) in [7, 11) is 1.15. The fraction of sp³-hybridized carbons (Fsp3) is 0.526. The van der Waals surface area contributed by atoms with Crippen molar-refractivity contribution in [1.29, 1.82) is 0 Å². The zero-order chi connectivity index (χ0) is 22.5. The Kier molecular flexibility index (Phi) is 8.05. The lowest BCUT2D eigenvalue weighted by molar-refractivity contribution is -0.148. The number of hydrogen-bond donors (Lipinski definition) is 2. The lowest BCUT2D eigenvalue weighted by Crippen LogP contribution is -2.35. The van der Waals surface area contributed by atoms with E-state index in [2.05, 4.69) is 10.1 Å². The Balaban J connectivity index is 3.46. The third-order valence-corrected chi connectivity index (χ3v) is 4.11. The highest BCUT2D eigenvalue weighted by atomic mass is 19.4. The fourth-order valence-electron chi connectivity index (χ4n) is 2.88. The van der Waals surface area contributed by atoms with Crippen LogP contribution in [-0.4, -0.2) is 42.3 Å². The molecule has 0 radical (unpaired) electrons. The van der Waals surface area contributed by atoms with Crippen LogP contribution in [0.15, 0.2) is 6.07 Å². The van der Waals surface area contributed by atoms with E-state index in [9.17, 15) is 32.7 Å². The smallest absolute Gasteiger partial charge is 0.416 e. The number of aromatic carboxylic acids is 1. The van der Waals surface area contributed by atoms with Crippen molar-refractivity contribution < 1.29 is 42.1 Å². The summed E-state index contributed by atoms with van der Waals surface area (Å²) in [5, 5.41) is 12.0. The largest absolute Gasteiger partial charge is 0.478 e. The van der Waals surface area contributed by atoms with Gasteiger partial charge in [0.1, 0.15) is 6.04 Å². The molecule has 2 N–H and O–H groups in total. The van der Waals surface area contributed by atoms with Gasteiger partial charge in [0.2, 0.25) is 0 Å². The molecular formula is C19H24F3NO6. The van der Waals surface area contributed by atoms with Crippen LogP contribution in [0, 0.1) is 13.8 Å². The number of carboxylic acids is 1. The molecule has 1 unspecified atom stereocenters. The number of alkyl halides is 3. The van der Waals surface area contributed by atoms with Gasteiger partial charge in [0.25, 0.3) is 0 Å². The fourth-order valence-corrected chi connectivity index (χ4v) is 2.88. The zero-order valence-electron chi connectivity index (χ0n) is 16.8. The first-order valence-corrected chi connectivity index (χ1v) is 8.78. The van der Waals surface area contributed by atoms with Crippen molar-refractivity contribution in [3.8, 4) is 0 Å². The van der Waals surface area contributed by atoms with Crippen LogP contribution < -0.4 is 5.32 Å². The van der Waals surface area contributed by atoms with E-state index in [0.29, 0.717) is 0 Å². The number of esters is 2.